The Kier molecular flexibility index (Phi) is 6.55. The van der Waals surface area contributed by atoms with E-state index in [4.69, 9.17) is 4.74 Å². The van der Waals surface area contributed by atoms with E-state index < -0.39 is 5.76 Å². The van der Waals surface area contributed by atoms with E-state index in [2.05, 4.69) is 19.6 Å². The van der Waals surface area contributed by atoms with Crippen LogP contribution in [0.5, 0.6) is 11.5 Å². The van der Waals surface area contributed by atoms with E-state index in [-0.39, 0.29) is 23.6 Å². The summed E-state index contributed by atoms with van der Waals surface area (Å²) in [7, 11) is 0. The number of aromatic nitrogens is 3. The number of ether oxygens (including phenoxy) is 1. The molecule has 2 N–H and O–H groups in total. The maximum Gasteiger partial charge on any atom is 0.439 e. The summed E-state index contributed by atoms with van der Waals surface area (Å²) in [6.45, 7) is 7.86. The number of pyridine rings is 1. The lowest BCUT2D eigenvalue weighted by atomic mass is 9.87. The maximum atomic E-state index is 12.6. The van der Waals surface area contributed by atoms with Crippen LogP contribution in [0.4, 0.5) is 0 Å². The van der Waals surface area contributed by atoms with Crippen molar-refractivity contribution in [3.63, 3.8) is 0 Å². The number of benzene rings is 2. The van der Waals surface area contributed by atoms with Gasteiger partial charge in [-0.05, 0) is 53.8 Å². The van der Waals surface area contributed by atoms with Crippen LogP contribution < -0.4 is 10.5 Å². The highest BCUT2D eigenvalue weighted by Gasteiger charge is 2.21. The Bertz CT molecular complexity index is 1430. The molecule has 0 spiro atoms. The third kappa shape index (κ3) is 5.66. The van der Waals surface area contributed by atoms with Gasteiger partial charge in [-0.25, -0.2) is 4.79 Å². The van der Waals surface area contributed by atoms with Crippen molar-refractivity contribution in [1.29, 1.82) is 0 Å². The van der Waals surface area contributed by atoms with E-state index in [0.717, 1.165) is 16.7 Å². The Labute approximate surface area is 202 Å². The summed E-state index contributed by atoms with van der Waals surface area (Å²) in [5.41, 5.74) is 3.87. The molecule has 0 aliphatic carbocycles. The number of H-pyrrole nitrogens is 1. The number of hydrogen-bond acceptors (Lipinski definition) is 7. The minimum atomic E-state index is -0.610. The van der Waals surface area contributed by atoms with Crippen molar-refractivity contribution in [3.8, 4) is 34.0 Å². The van der Waals surface area contributed by atoms with Gasteiger partial charge >= 0.3 is 5.76 Å². The van der Waals surface area contributed by atoms with Gasteiger partial charge in [-0.3, -0.25) is 19.3 Å². The van der Waals surface area contributed by atoms with Crippen molar-refractivity contribution >= 4 is 5.78 Å². The molecule has 35 heavy (non-hydrogen) atoms. The molecule has 2 aromatic carbocycles. The zero-order valence-corrected chi connectivity index (χ0v) is 20.1. The van der Waals surface area contributed by atoms with Crippen LogP contribution in [0, 0.1) is 12.3 Å². The molecular formula is C27H27N3O5. The van der Waals surface area contributed by atoms with E-state index in [9.17, 15) is 14.7 Å². The molecule has 4 rings (SSSR count). The molecule has 0 unspecified atom stereocenters. The number of hydrogen-bond donors (Lipinski definition) is 2. The Morgan fingerprint density at radius 1 is 1.09 bits per heavy atom. The number of aromatic hydroxyl groups is 1. The zero-order valence-electron chi connectivity index (χ0n) is 20.1. The standard InChI is InChI=1S/C27H27N3O5/c1-16-23(9-8-21(24(16)32)22(31)14-27(2,3)4)34-15-20-13-18(10-11-28-20)17-6-5-7-19(12-17)25-29-26(33)35-30-25/h5-13,32H,14-15H2,1-4H3,(H,29,30,33). The molecule has 2 heterocycles. The van der Waals surface area contributed by atoms with E-state index in [1.165, 1.54) is 0 Å². The number of rotatable bonds is 7. The lowest BCUT2D eigenvalue weighted by Gasteiger charge is -2.18. The highest BCUT2D eigenvalue weighted by Crippen LogP contribution is 2.33. The van der Waals surface area contributed by atoms with Crippen LogP contribution in [-0.2, 0) is 6.61 Å². The first-order chi connectivity index (χ1) is 16.6. The summed E-state index contributed by atoms with van der Waals surface area (Å²) >= 11 is 0. The number of carbonyl (C=O) groups is 1. The lowest BCUT2D eigenvalue weighted by molar-refractivity contribution is 0.0937. The van der Waals surface area contributed by atoms with Crippen molar-refractivity contribution in [3.05, 3.63) is 82.1 Å². The summed E-state index contributed by atoms with van der Waals surface area (Å²) in [4.78, 5) is 30.8. The van der Waals surface area contributed by atoms with Gasteiger partial charge in [0, 0.05) is 23.7 Å². The second-order valence-corrected chi connectivity index (χ2v) is 9.59. The second kappa shape index (κ2) is 9.58. The monoisotopic (exact) mass is 473 g/mol. The molecule has 2 aromatic heterocycles. The summed E-state index contributed by atoms with van der Waals surface area (Å²) in [6.07, 6.45) is 2.03. The van der Waals surface area contributed by atoms with Gasteiger partial charge in [-0.2, -0.15) is 0 Å². The van der Waals surface area contributed by atoms with Gasteiger partial charge in [0.25, 0.3) is 0 Å². The molecular weight excluding hydrogens is 446 g/mol. The first kappa shape index (κ1) is 23.9. The summed E-state index contributed by atoms with van der Waals surface area (Å²) < 4.78 is 10.5. The molecule has 0 atom stereocenters. The smallest absolute Gasteiger partial charge is 0.439 e. The maximum absolute atomic E-state index is 12.6. The van der Waals surface area contributed by atoms with Crippen LogP contribution in [0.25, 0.3) is 22.5 Å². The van der Waals surface area contributed by atoms with Gasteiger partial charge in [-0.1, -0.05) is 44.1 Å². The van der Waals surface area contributed by atoms with Crippen LogP contribution in [-0.4, -0.2) is 26.0 Å². The van der Waals surface area contributed by atoms with Crippen LogP contribution in [0.15, 0.2) is 64.0 Å². The average molecular weight is 474 g/mol. The first-order valence-electron chi connectivity index (χ1n) is 11.2. The second-order valence-electron chi connectivity index (χ2n) is 9.59. The van der Waals surface area contributed by atoms with Gasteiger partial charge in [0.05, 0.1) is 11.3 Å². The fraction of sp³-hybridized carbons (Fsp3) is 0.259. The number of carbonyl (C=O) groups excluding carboxylic acids is 1. The molecule has 0 fully saturated rings. The average Bonchev–Trinajstić information content (AvgIpc) is 3.25. The van der Waals surface area contributed by atoms with E-state index >= 15 is 0 Å². The van der Waals surface area contributed by atoms with Gasteiger partial charge in [0.1, 0.15) is 18.1 Å². The number of phenolic OH excluding ortho intramolecular Hbond substituents is 1. The molecule has 0 saturated heterocycles. The molecule has 0 amide bonds. The lowest BCUT2D eigenvalue weighted by Crippen LogP contribution is -2.13. The minimum Gasteiger partial charge on any atom is -0.507 e. The van der Waals surface area contributed by atoms with Crippen LogP contribution in [0.2, 0.25) is 0 Å². The van der Waals surface area contributed by atoms with Gasteiger partial charge in [-0.15, -0.1) is 0 Å². The van der Waals surface area contributed by atoms with Crippen molar-refractivity contribution in [2.45, 2.75) is 40.7 Å². The quantitative estimate of drug-likeness (QED) is 0.349. The third-order valence-corrected chi connectivity index (χ3v) is 5.47. The number of aromatic amines is 1. The summed E-state index contributed by atoms with van der Waals surface area (Å²) in [5.74, 6) is 0.0759. The van der Waals surface area contributed by atoms with Gasteiger partial charge in [0.15, 0.2) is 11.6 Å². The Morgan fingerprint density at radius 3 is 2.54 bits per heavy atom. The molecule has 0 bridgehead atoms. The summed E-state index contributed by atoms with van der Waals surface area (Å²) in [5, 5.41) is 14.3. The highest BCUT2D eigenvalue weighted by molar-refractivity contribution is 5.99. The van der Waals surface area contributed by atoms with Crippen LogP contribution >= 0.6 is 0 Å². The van der Waals surface area contributed by atoms with Crippen LogP contribution in [0.3, 0.4) is 0 Å². The fourth-order valence-corrected chi connectivity index (χ4v) is 3.73. The predicted molar refractivity (Wildman–Crippen MR) is 131 cm³/mol. The Hall–Kier alpha value is -4.20. The Balaban J connectivity index is 1.51. The molecule has 8 nitrogen and oxygen atoms in total. The predicted octanol–water partition coefficient (Wildman–Crippen LogP) is 5.30. The number of Topliss-reactive ketones (excluding diaryl/α,β-unsaturated/α-hetero) is 1. The number of phenols is 1. The highest BCUT2D eigenvalue weighted by atomic mass is 16.5. The third-order valence-electron chi connectivity index (χ3n) is 5.47. The Morgan fingerprint density at radius 2 is 1.83 bits per heavy atom. The molecule has 4 aromatic rings. The molecule has 0 radical (unpaired) electrons. The minimum absolute atomic E-state index is 0.0545. The fourth-order valence-electron chi connectivity index (χ4n) is 3.73. The number of ketones is 1. The molecule has 0 aliphatic heterocycles. The largest absolute Gasteiger partial charge is 0.507 e. The van der Waals surface area contributed by atoms with Gasteiger partial charge < -0.3 is 9.84 Å². The molecule has 0 saturated carbocycles. The SMILES string of the molecule is Cc1c(OCc2cc(-c3cccc(-c4noc(=O)[nH]4)c3)ccn2)ccc(C(=O)CC(C)(C)C)c1O. The van der Waals surface area contributed by atoms with Crippen molar-refractivity contribution < 1.29 is 19.2 Å². The number of nitrogens with zero attached hydrogens (tertiary/aromatic N) is 2. The first-order valence-corrected chi connectivity index (χ1v) is 11.2. The van der Waals surface area contributed by atoms with Crippen molar-refractivity contribution in [2.24, 2.45) is 5.41 Å². The molecule has 8 heteroatoms. The van der Waals surface area contributed by atoms with Crippen molar-refractivity contribution in [1.82, 2.24) is 15.1 Å². The van der Waals surface area contributed by atoms with E-state index in [1.54, 1.807) is 25.3 Å². The topological polar surface area (TPSA) is 118 Å². The van der Waals surface area contributed by atoms with Crippen LogP contribution in [0.1, 0.15) is 48.8 Å². The van der Waals surface area contributed by atoms with Crippen molar-refractivity contribution in [2.75, 3.05) is 0 Å². The zero-order chi connectivity index (χ0) is 25.2. The molecule has 0 aliphatic rings. The van der Waals surface area contributed by atoms with Gasteiger partial charge in [0.2, 0.25) is 0 Å². The van der Waals surface area contributed by atoms with E-state index in [0.29, 0.717) is 34.8 Å². The normalized spacial score (nSPS) is 11.4. The number of nitrogens with one attached hydrogen (secondary N) is 1. The molecule has 180 valence electrons. The summed E-state index contributed by atoms with van der Waals surface area (Å²) in [6, 6.07) is 14.6. The van der Waals surface area contributed by atoms with E-state index in [1.807, 2.05) is 57.2 Å².